The standard InChI is InChI=1S/C17H19NO3/c1-4-9-18-16(17(19)21-3)14-6-5-13-11-15(20-2)8-7-12(13)10-14/h4-8,10-11,16,18H,1,9H2,2-3H3. The van der Waals surface area contributed by atoms with E-state index in [2.05, 4.69) is 11.9 Å². The molecule has 0 radical (unpaired) electrons. The fourth-order valence-electron chi connectivity index (χ4n) is 2.21. The highest BCUT2D eigenvalue weighted by Crippen LogP contribution is 2.25. The SMILES string of the molecule is C=CCNC(C(=O)OC)c1ccc2cc(OC)ccc2c1. The number of hydrogen-bond donors (Lipinski definition) is 1. The largest absolute Gasteiger partial charge is 0.497 e. The monoisotopic (exact) mass is 285 g/mol. The van der Waals surface area contributed by atoms with Crippen molar-refractivity contribution in [2.45, 2.75) is 6.04 Å². The summed E-state index contributed by atoms with van der Waals surface area (Å²) in [4.78, 5) is 11.9. The zero-order valence-corrected chi connectivity index (χ0v) is 12.3. The first-order valence-electron chi connectivity index (χ1n) is 6.69. The second-order valence-electron chi connectivity index (χ2n) is 4.63. The average Bonchev–Trinajstić information content (AvgIpc) is 2.54. The van der Waals surface area contributed by atoms with E-state index in [1.165, 1.54) is 7.11 Å². The van der Waals surface area contributed by atoms with Gasteiger partial charge in [-0.15, -0.1) is 6.58 Å². The predicted octanol–water partition coefficient (Wildman–Crippen LogP) is 2.84. The molecule has 1 unspecified atom stereocenters. The highest BCUT2D eigenvalue weighted by atomic mass is 16.5. The number of carbonyl (C=O) groups is 1. The minimum atomic E-state index is -0.500. The Kier molecular flexibility index (Phi) is 4.95. The molecule has 2 aromatic carbocycles. The molecule has 0 saturated carbocycles. The highest BCUT2D eigenvalue weighted by Gasteiger charge is 2.20. The molecule has 2 rings (SSSR count). The first kappa shape index (κ1) is 15.1. The van der Waals surface area contributed by atoms with E-state index in [0.717, 1.165) is 22.1 Å². The average molecular weight is 285 g/mol. The Hall–Kier alpha value is -2.33. The lowest BCUT2D eigenvalue weighted by molar-refractivity contribution is -0.143. The van der Waals surface area contributed by atoms with Crippen LogP contribution in [0.2, 0.25) is 0 Å². The maximum absolute atomic E-state index is 11.9. The summed E-state index contributed by atoms with van der Waals surface area (Å²) in [5, 5.41) is 5.21. The van der Waals surface area contributed by atoms with E-state index in [4.69, 9.17) is 9.47 Å². The molecular weight excluding hydrogens is 266 g/mol. The fraction of sp³-hybridized carbons (Fsp3) is 0.235. The summed E-state index contributed by atoms with van der Waals surface area (Å²) in [5.41, 5.74) is 0.862. The van der Waals surface area contributed by atoms with E-state index in [-0.39, 0.29) is 5.97 Å². The lowest BCUT2D eigenvalue weighted by Crippen LogP contribution is -2.29. The summed E-state index contributed by atoms with van der Waals surface area (Å²) in [6.07, 6.45) is 1.71. The van der Waals surface area contributed by atoms with Gasteiger partial charge < -0.3 is 9.47 Å². The van der Waals surface area contributed by atoms with Crippen LogP contribution < -0.4 is 10.1 Å². The third kappa shape index (κ3) is 3.41. The van der Waals surface area contributed by atoms with Crippen molar-refractivity contribution in [2.75, 3.05) is 20.8 Å². The molecule has 0 amide bonds. The molecule has 2 aromatic rings. The van der Waals surface area contributed by atoms with Crippen molar-refractivity contribution >= 4 is 16.7 Å². The van der Waals surface area contributed by atoms with Gasteiger partial charge in [0.25, 0.3) is 0 Å². The van der Waals surface area contributed by atoms with Crippen LogP contribution in [0.15, 0.2) is 49.1 Å². The first-order chi connectivity index (χ1) is 10.2. The van der Waals surface area contributed by atoms with E-state index in [0.29, 0.717) is 6.54 Å². The van der Waals surface area contributed by atoms with Crippen molar-refractivity contribution in [1.29, 1.82) is 0 Å². The maximum Gasteiger partial charge on any atom is 0.327 e. The molecule has 0 aromatic heterocycles. The third-order valence-electron chi connectivity index (χ3n) is 3.31. The smallest absolute Gasteiger partial charge is 0.327 e. The van der Waals surface area contributed by atoms with E-state index in [1.54, 1.807) is 13.2 Å². The van der Waals surface area contributed by atoms with Crippen LogP contribution >= 0.6 is 0 Å². The Bertz CT molecular complexity index is 652. The van der Waals surface area contributed by atoms with Gasteiger partial charge in [0.15, 0.2) is 0 Å². The second-order valence-corrected chi connectivity index (χ2v) is 4.63. The minimum Gasteiger partial charge on any atom is -0.497 e. The van der Waals surface area contributed by atoms with Crippen LogP contribution in [0.3, 0.4) is 0 Å². The Labute approximate surface area is 124 Å². The van der Waals surface area contributed by atoms with E-state index >= 15 is 0 Å². The van der Waals surface area contributed by atoms with Gasteiger partial charge in [0, 0.05) is 6.54 Å². The zero-order valence-electron chi connectivity index (χ0n) is 12.3. The van der Waals surface area contributed by atoms with Gasteiger partial charge in [-0.3, -0.25) is 5.32 Å². The molecule has 21 heavy (non-hydrogen) atoms. The summed E-state index contributed by atoms with van der Waals surface area (Å²) in [7, 11) is 3.03. The van der Waals surface area contributed by atoms with Gasteiger partial charge in [-0.25, -0.2) is 4.79 Å². The van der Waals surface area contributed by atoms with Crippen LogP contribution in [-0.2, 0) is 9.53 Å². The van der Waals surface area contributed by atoms with Gasteiger partial charge in [-0.1, -0.05) is 24.3 Å². The number of fused-ring (bicyclic) bond motifs is 1. The van der Waals surface area contributed by atoms with E-state index < -0.39 is 6.04 Å². The van der Waals surface area contributed by atoms with Gasteiger partial charge >= 0.3 is 5.97 Å². The Morgan fingerprint density at radius 3 is 2.62 bits per heavy atom. The Morgan fingerprint density at radius 2 is 1.95 bits per heavy atom. The molecular formula is C17H19NO3. The molecule has 4 nitrogen and oxygen atoms in total. The fourth-order valence-corrected chi connectivity index (χ4v) is 2.21. The maximum atomic E-state index is 11.9. The highest BCUT2D eigenvalue weighted by molar-refractivity contribution is 5.86. The second kappa shape index (κ2) is 6.90. The normalized spacial score (nSPS) is 11.9. The van der Waals surface area contributed by atoms with Crippen molar-refractivity contribution in [1.82, 2.24) is 5.32 Å². The number of rotatable bonds is 6. The quantitative estimate of drug-likeness (QED) is 0.655. The number of benzene rings is 2. The number of carbonyl (C=O) groups excluding carboxylic acids is 1. The van der Waals surface area contributed by atoms with E-state index in [9.17, 15) is 4.79 Å². The number of esters is 1. The summed E-state index contributed by atoms with van der Waals surface area (Å²) in [6.45, 7) is 4.18. The van der Waals surface area contributed by atoms with Crippen molar-refractivity contribution in [2.24, 2.45) is 0 Å². The third-order valence-corrected chi connectivity index (χ3v) is 3.31. The summed E-state index contributed by atoms with van der Waals surface area (Å²) in [5.74, 6) is 0.495. The molecule has 0 fully saturated rings. The van der Waals surface area contributed by atoms with Crippen LogP contribution in [0, 0.1) is 0 Å². The number of ether oxygens (including phenoxy) is 2. The lowest BCUT2D eigenvalue weighted by atomic mass is 10.0. The van der Waals surface area contributed by atoms with Crippen molar-refractivity contribution in [3.63, 3.8) is 0 Å². The van der Waals surface area contributed by atoms with Crippen LogP contribution in [-0.4, -0.2) is 26.7 Å². The topological polar surface area (TPSA) is 47.6 Å². The molecule has 0 aliphatic carbocycles. The summed E-state index contributed by atoms with van der Waals surface area (Å²) >= 11 is 0. The molecule has 0 aliphatic heterocycles. The van der Waals surface area contributed by atoms with Crippen LogP contribution in [0.4, 0.5) is 0 Å². The number of hydrogen-bond acceptors (Lipinski definition) is 4. The molecule has 1 atom stereocenters. The number of methoxy groups -OCH3 is 2. The molecule has 0 aliphatic rings. The summed E-state index contributed by atoms with van der Waals surface area (Å²) < 4.78 is 10.1. The van der Waals surface area contributed by atoms with Gasteiger partial charge in [-0.2, -0.15) is 0 Å². The lowest BCUT2D eigenvalue weighted by Gasteiger charge is -2.16. The van der Waals surface area contributed by atoms with Gasteiger partial charge in [-0.05, 0) is 34.5 Å². The molecule has 0 bridgehead atoms. The van der Waals surface area contributed by atoms with Crippen molar-refractivity contribution < 1.29 is 14.3 Å². The van der Waals surface area contributed by atoms with Crippen molar-refractivity contribution in [3.05, 3.63) is 54.6 Å². The Balaban J connectivity index is 2.38. The predicted molar refractivity (Wildman–Crippen MR) is 83.5 cm³/mol. The number of nitrogens with one attached hydrogen (secondary N) is 1. The molecule has 4 heteroatoms. The molecule has 0 spiro atoms. The summed E-state index contributed by atoms with van der Waals surface area (Å²) in [6, 6.07) is 11.2. The molecule has 0 saturated heterocycles. The minimum absolute atomic E-state index is 0.315. The molecule has 1 N–H and O–H groups in total. The first-order valence-corrected chi connectivity index (χ1v) is 6.69. The zero-order chi connectivity index (χ0) is 15.2. The van der Waals surface area contributed by atoms with Gasteiger partial charge in [0.05, 0.1) is 14.2 Å². The van der Waals surface area contributed by atoms with Crippen LogP contribution in [0.25, 0.3) is 10.8 Å². The Morgan fingerprint density at radius 1 is 1.24 bits per heavy atom. The molecule has 0 heterocycles. The molecule has 110 valence electrons. The van der Waals surface area contributed by atoms with E-state index in [1.807, 2.05) is 36.4 Å². The van der Waals surface area contributed by atoms with Gasteiger partial charge in [0.1, 0.15) is 11.8 Å². The van der Waals surface area contributed by atoms with Crippen molar-refractivity contribution in [3.8, 4) is 5.75 Å². The van der Waals surface area contributed by atoms with Crippen LogP contribution in [0.5, 0.6) is 5.75 Å². The van der Waals surface area contributed by atoms with Gasteiger partial charge in [0.2, 0.25) is 0 Å². The van der Waals surface area contributed by atoms with Crippen LogP contribution in [0.1, 0.15) is 11.6 Å².